The minimum Gasteiger partial charge on any atom is -0.481 e. The van der Waals surface area contributed by atoms with Crippen molar-refractivity contribution in [2.24, 2.45) is 5.92 Å². The molecule has 2 aliphatic rings. The zero-order chi connectivity index (χ0) is 24.3. The number of nitrogens with one attached hydrogen (secondary N) is 2. The molecule has 0 unspecified atom stereocenters. The van der Waals surface area contributed by atoms with Gasteiger partial charge in [-0.05, 0) is 41.5 Å². The predicted octanol–water partition coefficient (Wildman–Crippen LogP) is 3.92. The molecule has 9 heteroatoms. The summed E-state index contributed by atoms with van der Waals surface area (Å²) in [6.45, 7) is -1.25. The van der Waals surface area contributed by atoms with Gasteiger partial charge in [0.2, 0.25) is 0 Å². The Kier molecular flexibility index (Phi) is 6.81. The molecule has 4 rings (SSSR count). The summed E-state index contributed by atoms with van der Waals surface area (Å²) < 4.78 is 33.9. The fourth-order valence-electron chi connectivity index (χ4n) is 4.75. The minimum absolute atomic E-state index is 0.0315. The topological polar surface area (TPSA) is 105 Å². The van der Waals surface area contributed by atoms with Crippen molar-refractivity contribution in [3.05, 3.63) is 59.7 Å². The van der Waals surface area contributed by atoms with Crippen LogP contribution < -0.4 is 10.6 Å². The summed E-state index contributed by atoms with van der Waals surface area (Å²) in [7, 11) is 0. The summed E-state index contributed by atoms with van der Waals surface area (Å²) in [4.78, 5) is 35.3. The molecule has 0 spiro atoms. The Hall–Kier alpha value is -3.49. The molecule has 2 aromatic rings. The summed E-state index contributed by atoms with van der Waals surface area (Å²) in [6.07, 6.45) is 0.493. The van der Waals surface area contributed by atoms with Gasteiger partial charge in [-0.3, -0.25) is 9.59 Å². The molecule has 2 amide bonds. The van der Waals surface area contributed by atoms with Crippen molar-refractivity contribution >= 4 is 18.0 Å². The number of hydrogen-bond donors (Lipinski definition) is 3. The van der Waals surface area contributed by atoms with E-state index in [1.54, 1.807) is 0 Å². The Morgan fingerprint density at radius 2 is 1.62 bits per heavy atom. The average molecular weight is 472 g/mol. The summed E-state index contributed by atoms with van der Waals surface area (Å²) in [5.74, 6) is -7.27. The first kappa shape index (κ1) is 23.7. The number of hydrogen-bond acceptors (Lipinski definition) is 4. The molecule has 2 aliphatic carbocycles. The number of rotatable bonds is 7. The fraction of sp³-hybridized carbons (Fsp3) is 0.400. The molecular weight excluding hydrogens is 446 g/mol. The van der Waals surface area contributed by atoms with Crippen LogP contribution in [-0.4, -0.2) is 48.2 Å². The Morgan fingerprint density at radius 1 is 1.00 bits per heavy atom. The zero-order valence-electron chi connectivity index (χ0n) is 18.4. The molecule has 34 heavy (non-hydrogen) atoms. The van der Waals surface area contributed by atoms with Crippen molar-refractivity contribution in [2.75, 3.05) is 13.2 Å². The minimum atomic E-state index is -3.86. The molecule has 7 nitrogen and oxygen atoms in total. The molecule has 0 heterocycles. The number of halogens is 2. The molecule has 3 N–H and O–H groups in total. The van der Waals surface area contributed by atoms with Crippen LogP contribution in [0.25, 0.3) is 11.1 Å². The molecule has 0 bridgehead atoms. The highest BCUT2D eigenvalue weighted by atomic mass is 19.3. The van der Waals surface area contributed by atoms with E-state index in [1.165, 1.54) is 0 Å². The summed E-state index contributed by atoms with van der Waals surface area (Å²) in [5.41, 5.74) is 4.08. The Labute approximate surface area is 195 Å². The predicted molar refractivity (Wildman–Crippen MR) is 120 cm³/mol. The van der Waals surface area contributed by atoms with Crippen molar-refractivity contribution in [1.82, 2.24) is 10.6 Å². The van der Waals surface area contributed by atoms with Gasteiger partial charge in [-0.1, -0.05) is 55.0 Å². The van der Waals surface area contributed by atoms with Gasteiger partial charge in [-0.25, -0.2) is 4.79 Å². The fourth-order valence-corrected chi connectivity index (χ4v) is 4.75. The quantitative estimate of drug-likeness (QED) is 0.567. The molecule has 0 aromatic heterocycles. The number of alkyl carbamates (subject to hydrolysis) is 1. The van der Waals surface area contributed by atoms with E-state index in [-0.39, 0.29) is 18.9 Å². The van der Waals surface area contributed by atoms with Crippen LogP contribution >= 0.6 is 0 Å². The van der Waals surface area contributed by atoms with Crippen molar-refractivity contribution in [3.63, 3.8) is 0 Å². The largest absolute Gasteiger partial charge is 0.481 e. The van der Waals surface area contributed by atoms with Crippen molar-refractivity contribution in [2.45, 2.75) is 43.6 Å². The van der Waals surface area contributed by atoms with Crippen molar-refractivity contribution in [1.29, 1.82) is 0 Å². The number of aliphatic carboxylic acids is 1. The lowest BCUT2D eigenvalue weighted by atomic mass is 9.85. The lowest BCUT2D eigenvalue weighted by Gasteiger charge is -2.28. The SMILES string of the molecule is O=C(NCC(F)(F)C(=O)N[C@@H]1CCC[C@H](C(=O)O)C1)OCC1c2ccccc2-c2ccccc21. The number of carboxylic acid groups (broad SMARTS) is 1. The molecule has 0 aliphatic heterocycles. The second-order valence-electron chi connectivity index (χ2n) is 8.76. The molecular formula is C25H26F2N2O5. The van der Waals surface area contributed by atoms with E-state index >= 15 is 0 Å². The number of benzene rings is 2. The van der Waals surface area contributed by atoms with Crippen LogP contribution in [0.3, 0.4) is 0 Å². The van der Waals surface area contributed by atoms with E-state index in [1.807, 2.05) is 53.8 Å². The van der Waals surface area contributed by atoms with Gasteiger partial charge < -0.3 is 20.5 Å². The molecule has 0 saturated heterocycles. The van der Waals surface area contributed by atoms with Gasteiger partial charge in [-0.15, -0.1) is 0 Å². The second-order valence-corrected chi connectivity index (χ2v) is 8.76. The van der Waals surface area contributed by atoms with E-state index in [9.17, 15) is 23.2 Å². The molecule has 1 fully saturated rings. The summed E-state index contributed by atoms with van der Waals surface area (Å²) in [6, 6.07) is 14.9. The number of amides is 2. The van der Waals surface area contributed by atoms with Crippen LogP contribution in [0.1, 0.15) is 42.7 Å². The first-order valence-electron chi connectivity index (χ1n) is 11.3. The molecule has 2 atom stereocenters. The summed E-state index contributed by atoms with van der Waals surface area (Å²) in [5, 5.41) is 13.3. The van der Waals surface area contributed by atoms with Crippen LogP contribution in [0.15, 0.2) is 48.5 Å². The Balaban J connectivity index is 1.29. The monoisotopic (exact) mass is 472 g/mol. The molecule has 180 valence electrons. The van der Waals surface area contributed by atoms with Crippen LogP contribution in [0, 0.1) is 5.92 Å². The number of fused-ring (bicyclic) bond motifs is 3. The van der Waals surface area contributed by atoms with Gasteiger partial charge in [0.05, 0.1) is 12.5 Å². The van der Waals surface area contributed by atoms with Gasteiger partial charge in [0, 0.05) is 12.0 Å². The third-order valence-corrected chi connectivity index (χ3v) is 6.49. The maximum Gasteiger partial charge on any atom is 0.407 e. The zero-order valence-corrected chi connectivity index (χ0v) is 18.4. The van der Waals surface area contributed by atoms with Crippen LogP contribution in [0.2, 0.25) is 0 Å². The highest BCUT2D eigenvalue weighted by Gasteiger charge is 2.41. The van der Waals surface area contributed by atoms with E-state index < -0.39 is 42.4 Å². The van der Waals surface area contributed by atoms with Gasteiger partial charge in [0.15, 0.2) is 0 Å². The number of alkyl halides is 2. The van der Waals surface area contributed by atoms with E-state index in [4.69, 9.17) is 9.84 Å². The van der Waals surface area contributed by atoms with Gasteiger partial charge in [0.1, 0.15) is 6.61 Å². The van der Waals surface area contributed by atoms with Crippen LogP contribution in [0.5, 0.6) is 0 Å². The molecule has 1 saturated carbocycles. The average Bonchev–Trinajstić information content (AvgIpc) is 3.15. The van der Waals surface area contributed by atoms with Gasteiger partial charge >= 0.3 is 18.0 Å². The van der Waals surface area contributed by atoms with Crippen LogP contribution in [-0.2, 0) is 14.3 Å². The molecule has 2 aromatic carbocycles. The lowest BCUT2D eigenvalue weighted by molar-refractivity contribution is -0.148. The Morgan fingerprint density at radius 3 is 2.24 bits per heavy atom. The normalized spacial score (nSPS) is 19.6. The molecule has 0 radical (unpaired) electrons. The first-order valence-corrected chi connectivity index (χ1v) is 11.3. The number of carboxylic acids is 1. The highest BCUT2D eigenvalue weighted by Crippen LogP contribution is 2.44. The maximum atomic E-state index is 14.3. The smallest absolute Gasteiger partial charge is 0.407 e. The van der Waals surface area contributed by atoms with E-state index in [0.717, 1.165) is 22.3 Å². The standard InChI is InChI=1S/C25H26F2N2O5/c26-25(27,23(32)29-16-7-5-6-15(12-16)22(30)31)14-28-24(33)34-13-21-19-10-3-1-8-17(19)18-9-2-4-11-20(18)21/h1-4,8-11,15-16,21H,5-7,12-14H2,(H,28,33)(H,29,32)(H,30,31)/t15-,16+/m0/s1. The van der Waals surface area contributed by atoms with Crippen LogP contribution in [0.4, 0.5) is 13.6 Å². The first-order chi connectivity index (χ1) is 16.3. The highest BCUT2D eigenvalue weighted by molar-refractivity contribution is 5.84. The van der Waals surface area contributed by atoms with Gasteiger partial charge in [0.25, 0.3) is 5.91 Å². The Bertz CT molecular complexity index is 1040. The maximum absolute atomic E-state index is 14.3. The lowest BCUT2D eigenvalue weighted by Crippen LogP contribution is -2.52. The van der Waals surface area contributed by atoms with Gasteiger partial charge in [-0.2, -0.15) is 8.78 Å². The third-order valence-electron chi connectivity index (χ3n) is 6.49. The number of carbonyl (C=O) groups is 3. The van der Waals surface area contributed by atoms with E-state index in [0.29, 0.717) is 19.3 Å². The van der Waals surface area contributed by atoms with Crippen molar-refractivity contribution in [3.8, 4) is 11.1 Å². The van der Waals surface area contributed by atoms with E-state index in [2.05, 4.69) is 5.32 Å². The third kappa shape index (κ3) is 5.03. The second kappa shape index (κ2) is 9.79. The van der Waals surface area contributed by atoms with Crippen molar-refractivity contribution < 1.29 is 33.0 Å². The number of carbonyl (C=O) groups excluding carboxylic acids is 2. The number of ether oxygens (including phenoxy) is 1. The summed E-state index contributed by atoms with van der Waals surface area (Å²) >= 11 is 0.